The van der Waals surface area contributed by atoms with Gasteiger partial charge < -0.3 is 34.4 Å². The molecule has 3 heterocycles. The van der Waals surface area contributed by atoms with E-state index in [0.29, 0.717) is 24.8 Å². The van der Waals surface area contributed by atoms with E-state index in [2.05, 4.69) is 34.4 Å². The molecular weight excluding hydrogens is 718 g/mol. The summed E-state index contributed by atoms with van der Waals surface area (Å²) >= 11 is 3.73. The maximum Gasteiger partial charge on any atom is 0.313 e. The highest BCUT2D eigenvalue weighted by Crippen LogP contribution is 2.61. The zero-order valence-corrected chi connectivity index (χ0v) is 30.8. The van der Waals surface area contributed by atoms with Crippen molar-refractivity contribution in [1.82, 2.24) is 15.1 Å². The maximum atomic E-state index is 14.8. The lowest BCUT2D eigenvalue weighted by Crippen LogP contribution is -2.58. The van der Waals surface area contributed by atoms with Crippen molar-refractivity contribution in [2.45, 2.75) is 79.9 Å². The molecule has 5 rings (SSSR count). The van der Waals surface area contributed by atoms with Gasteiger partial charge in [0.05, 0.1) is 43.2 Å². The second-order valence-corrected chi connectivity index (χ2v) is 14.5. The summed E-state index contributed by atoms with van der Waals surface area (Å²) in [6.45, 7) is 9.56. The molecule has 0 saturated carbocycles. The number of hydrogen-bond donors (Lipinski definition) is 2. The molecule has 11 nitrogen and oxygen atoms in total. The Hall–Kier alpha value is -3.84. The predicted molar refractivity (Wildman–Crippen MR) is 194 cm³/mol. The summed E-state index contributed by atoms with van der Waals surface area (Å²) in [5.74, 6) is -3.83. The molecule has 3 aliphatic rings. The third-order valence-electron chi connectivity index (χ3n) is 10.2. The first-order chi connectivity index (χ1) is 24.6. The van der Waals surface area contributed by atoms with Crippen LogP contribution in [-0.2, 0) is 39.9 Å². The summed E-state index contributed by atoms with van der Waals surface area (Å²) in [7, 11) is 1.50. The first-order valence-electron chi connectivity index (χ1n) is 17.5. The zero-order valence-electron chi connectivity index (χ0n) is 29.2. The van der Waals surface area contributed by atoms with Gasteiger partial charge in [0.15, 0.2) is 0 Å². The Morgan fingerprint density at radius 3 is 2.43 bits per heavy atom. The number of aliphatic hydroxyl groups is 1. The van der Waals surface area contributed by atoms with Crippen LogP contribution in [0.2, 0.25) is 0 Å². The van der Waals surface area contributed by atoms with Crippen molar-refractivity contribution in [3.63, 3.8) is 0 Å². The second kappa shape index (κ2) is 17.1. The van der Waals surface area contributed by atoms with Crippen LogP contribution < -0.4 is 5.32 Å². The lowest BCUT2D eigenvalue weighted by molar-refractivity contribution is -0.163. The van der Waals surface area contributed by atoms with Gasteiger partial charge in [-0.05, 0) is 30.4 Å². The van der Waals surface area contributed by atoms with Gasteiger partial charge in [-0.2, -0.15) is 0 Å². The number of rotatable bonds is 18. The number of benzene rings is 2. The minimum atomic E-state index is -1.36. The van der Waals surface area contributed by atoms with Gasteiger partial charge in [0.25, 0.3) is 0 Å². The van der Waals surface area contributed by atoms with Gasteiger partial charge in [-0.3, -0.25) is 19.2 Å². The Morgan fingerprint density at radius 2 is 1.82 bits per heavy atom. The van der Waals surface area contributed by atoms with Crippen LogP contribution in [0.3, 0.4) is 0 Å². The molecule has 3 saturated heterocycles. The number of aliphatic hydroxyl groups excluding tert-OH is 1. The molecule has 12 heteroatoms. The molecule has 51 heavy (non-hydrogen) atoms. The van der Waals surface area contributed by atoms with Crippen LogP contribution in [-0.4, -0.2) is 100 Å². The minimum absolute atomic E-state index is 0.0459. The molecule has 3 aliphatic heterocycles. The smallest absolute Gasteiger partial charge is 0.313 e. The highest BCUT2D eigenvalue weighted by Gasteiger charge is 2.77. The summed E-state index contributed by atoms with van der Waals surface area (Å²) < 4.78 is 18.5. The summed E-state index contributed by atoms with van der Waals surface area (Å²) in [5.41, 5.74) is 0.172. The van der Waals surface area contributed by atoms with Gasteiger partial charge >= 0.3 is 5.97 Å². The average Bonchev–Trinajstić information content (AvgIpc) is 3.73. The fourth-order valence-corrected chi connectivity index (χ4v) is 8.86. The summed E-state index contributed by atoms with van der Waals surface area (Å²) in [4.78, 5) is 59.6. The van der Waals surface area contributed by atoms with Crippen molar-refractivity contribution >= 4 is 39.6 Å². The highest BCUT2D eigenvalue weighted by molar-refractivity contribution is 9.09. The Kier molecular flexibility index (Phi) is 12.9. The first-order valence-corrected chi connectivity index (χ1v) is 18.4. The van der Waals surface area contributed by atoms with Crippen LogP contribution >= 0.6 is 15.9 Å². The number of hydrogen-bond acceptors (Lipinski definition) is 8. The predicted octanol–water partition coefficient (Wildman–Crippen LogP) is 4.10. The van der Waals surface area contributed by atoms with Gasteiger partial charge in [0.1, 0.15) is 17.7 Å². The van der Waals surface area contributed by atoms with Crippen LogP contribution in [0.4, 0.5) is 0 Å². The Bertz CT molecular complexity index is 1560. The molecule has 274 valence electrons. The Morgan fingerprint density at radius 1 is 1.14 bits per heavy atom. The third-order valence-corrected chi connectivity index (χ3v) is 11.0. The molecule has 2 N–H and O–H groups in total. The van der Waals surface area contributed by atoms with Gasteiger partial charge in [0.2, 0.25) is 17.7 Å². The number of carbonyl (C=O) groups is 4. The van der Waals surface area contributed by atoms with Gasteiger partial charge in [-0.25, -0.2) is 0 Å². The zero-order chi connectivity index (χ0) is 36.7. The number of likely N-dealkylation sites (tertiary alicyclic amines) is 1. The lowest BCUT2D eigenvalue weighted by atomic mass is 9.70. The number of amides is 3. The molecule has 2 aromatic rings. The Labute approximate surface area is 308 Å². The summed E-state index contributed by atoms with van der Waals surface area (Å²) in [5, 5.41) is 13.4. The highest BCUT2D eigenvalue weighted by atomic mass is 79.9. The van der Waals surface area contributed by atoms with Crippen molar-refractivity contribution < 1.29 is 38.5 Å². The van der Waals surface area contributed by atoms with E-state index in [1.807, 2.05) is 55.5 Å². The van der Waals surface area contributed by atoms with E-state index in [1.165, 1.54) is 12.0 Å². The number of ether oxygens (including phenoxy) is 3. The second-order valence-electron chi connectivity index (χ2n) is 13.4. The van der Waals surface area contributed by atoms with E-state index in [0.717, 1.165) is 5.56 Å². The molecule has 0 aliphatic carbocycles. The molecule has 0 aromatic heterocycles. The Balaban J connectivity index is 1.52. The number of allylic oxidation sites excluding steroid dienone is 1. The van der Waals surface area contributed by atoms with E-state index in [-0.39, 0.29) is 49.4 Å². The molecule has 2 bridgehead atoms. The number of methoxy groups -OCH3 is 1. The monoisotopic (exact) mass is 765 g/mol. The minimum Gasteiger partial charge on any atom is -0.455 e. The van der Waals surface area contributed by atoms with Gasteiger partial charge in [-0.15, -0.1) is 13.2 Å². The van der Waals surface area contributed by atoms with E-state index in [4.69, 9.17) is 14.2 Å². The van der Waals surface area contributed by atoms with E-state index in [9.17, 15) is 24.3 Å². The van der Waals surface area contributed by atoms with Crippen LogP contribution in [0.15, 0.2) is 86.0 Å². The van der Waals surface area contributed by atoms with E-state index < -0.39 is 59.6 Å². The standard InChI is InChI=1S/C39H48BrN3O8/c1-5-8-19-30(45)41-29(24-49-4)33(26-17-13-10-14-18-26)50-38(48)31-32-36(46)43(27(7-3)23-44)35(39(32)21-28(40)34(31)51-39)37(47)42(20-6-2)22-25-15-11-9-12-16-25/h5-6,9-18,27-29,31-35,44H,1-2,7-8,19-24H2,3-4H3,(H,41,45)/t27-,28?,29-,31+,32-,33-,34+,35+,39-/m0/s1. The molecule has 3 amide bonds. The number of carbonyl (C=O) groups excluding carboxylic acids is 4. The average molecular weight is 767 g/mol. The van der Waals surface area contributed by atoms with Crippen LogP contribution in [0.1, 0.15) is 49.8 Å². The molecule has 0 radical (unpaired) electrons. The quantitative estimate of drug-likeness (QED) is 0.132. The first kappa shape index (κ1) is 38.4. The fourth-order valence-electron chi connectivity index (χ4n) is 7.91. The summed E-state index contributed by atoms with van der Waals surface area (Å²) in [6, 6.07) is 16.0. The molecular formula is C39H48BrN3O8. The number of nitrogens with one attached hydrogen (secondary N) is 1. The van der Waals surface area contributed by atoms with Gasteiger partial charge in [0, 0.05) is 31.4 Å². The molecule has 3 fully saturated rings. The van der Waals surface area contributed by atoms with E-state index >= 15 is 0 Å². The van der Waals surface area contributed by atoms with E-state index in [1.54, 1.807) is 29.2 Å². The molecule has 2 aromatic carbocycles. The number of alkyl halides is 1. The van der Waals surface area contributed by atoms with Crippen molar-refractivity contribution in [2.75, 3.05) is 26.9 Å². The van der Waals surface area contributed by atoms with Crippen molar-refractivity contribution in [3.05, 3.63) is 97.1 Å². The topological polar surface area (TPSA) is 135 Å². The third kappa shape index (κ3) is 7.69. The number of fused-ring (bicyclic) bond motifs is 1. The van der Waals surface area contributed by atoms with Gasteiger partial charge in [-0.1, -0.05) is 95.7 Å². The number of esters is 1. The number of halogens is 1. The van der Waals surface area contributed by atoms with Crippen LogP contribution in [0.25, 0.3) is 0 Å². The summed E-state index contributed by atoms with van der Waals surface area (Å²) in [6.07, 6.45) is 2.91. The molecule has 9 atom stereocenters. The van der Waals surface area contributed by atoms with Crippen molar-refractivity contribution in [2.24, 2.45) is 11.8 Å². The van der Waals surface area contributed by atoms with Crippen LogP contribution in [0, 0.1) is 11.8 Å². The van der Waals surface area contributed by atoms with Crippen molar-refractivity contribution in [3.8, 4) is 0 Å². The normalized spacial score (nSPS) is 26.5. The van der Waals surface area contributed by atoms with Crippen molar-refractivity contribution in [1.29, 1.82) is 0 Å². The fraction of sp³-hybridized carbons (Fsp3) is 0.487. The molecule has 1 spiro atoms. The number of nitrogens with zero attached hydrogens (tertiary/aromatic N) is 2. The van der Waals surface area contributed by atoms with Crippen LogP contribution in [0.5, 0.6) is 0 Å². The lowest BCUT2D eigenvalue weighted by Gasteiger charge is -2.39. The SMILES string of the molecule is C=CCCC(=O)N[C@@H](COC)[C@@H](OC(=O)[C@H]1[C@@H]2O[C@@]3(CC2Br)[C@@H]1C(=O)N([C@@H](CC)CO)[C@@H]3C(=O)N(CC=C)Cc1ccccc1)c1ccccc1. The molecule has 1 unspecified atom stereocenters. The largest absolute Gasteiger partial charge is 0.455 e. The maximum absolute atomic E-state index is 14.8.